The first kappa shape index (κ1) is 25.6. The van der Waals surface area contributed by atoms with Gasteiger partial charge in [0.25, 0.3) is 0 Å². The second kappa shape index (κ2) is 18.0. The van der Waals surface area contributed by atoms with Gasteiger partial charge in [0.1, 0.15) is 0 Å². The molecule has 0 aliphatic heterocycles. The highest BCUT2D eigenvalue weighted by atomic mass is 28.3. The molecule has 0 rings (SSSR count). The Morgan fingerprint density at radius 3 is 0.840 bits per heavy atom. The number of hydrogen-bond acceptors (Lipinski definition) is 6. The van der Waals surface area contributed by atoms with Gasteiger partial charge in [0.15, 0.2) is 0 Å². The monoisotopic (exact) mass is 428 g/mol. The fourth-order valence-electron chi connectivity index (χ4n) is 3.15. The van der Waals surface area contributed by atoms with Gasteiger partial charge in [-0.2, -0.15) is 0 Å². The lowest BCUT2D eigenvalue weighted by molar-refractivity contribution is 0.277. The van der Waals surface area contributed by atoms with Crippen LogP contribution in [0.1, 0.15) is 19.3 Å². The maximum atomic E-state index is 5.44. The predicted octanol–water partition coefficient (Wildman–Crippen LogP) is 1.92. The fraction of sp³-hybridized carbons (Fsp3) is 1.00. The molecule has 0 saturated heterocycles. The lowest BCUT2D eigenvalue weighted by Gasteiger charge is -2.19. The van der Waals surface area contributed by atoms with Gasteiger partial charge in [-0.25, -0.2) is 0 Å². The van der Waals surface area contributed by atoms with Crippen LogP contribution in [-0.4, -0.2) is 79.3 Å². The van der Waals surface area contributed by atoms with Crippen LogP contribution in [0.2, 0.25) is 36.3 Å². The SMILES string of the molecule is CO[SiH](CCC[SiH](CCC[SiH](OC)OC)CCC[SiH](OC)OC)OC. The third-order valence-corrected chi connectivity index (χ3v) is 14.2. The molecule has 152 valence electrons. The van der Waals surface area contributed by atoms with E-state index < -0.39 is 36.6 Å². The Hall–Kier alpha value is 0.628. The first-order valence-corrected chi connectivity index (χ1v) is 17.0. The molecule has 25 heavy (non-hydrogen) atoms. The molecule has 0 heterocycles. The van der Waals surface area contributed by atoms with Gasteiger partial charge in [-0.05, 0) is 18.1 Å². The van der Waals surface area contributed by atoms with E-state index in [1.54, 1.807) is 42.7 Å². The Balaban J connectivity index is 4.24. The lowest BCUT2D eigenvalue weighted by Crippen LogP contribution is -2.22. The summed E-state index contributed by atoms with van der Waals surface area (Å²) in [6.45, 7) is 0. The summed E-state index contributed by atoms with van der Waals surface area (Å²) in [7, 11) is 5.69. The molecule has 0 aliphatic rings. The molecule has 0 spiro atoms. The van der Waals surface area contributed by atoms with Crippen molar-refractivity contribution in [2.45, 2.75) is 55.5 Å². The average molecular weight is 429 g/mol. The van der Waals surface area contributed by atoms with Crippen molar-refractivity contribution in [1.29, 1.82) is 0 Å². The zero-order chi connectivity index (χ0) is 18.9. The topological polar surface area (TPSA) is 55.4 Å². The second-order valence-corrected chi connectivity index (χ2v) is 17.0. The molecule has 0 aromatic heterocycles. The normalized spacial score (nSPS) is 12.2. The highest BCUT2D eigenvalue weighted by Crippen LogP contribution is 2.19. The van der Waals surface area contributed by atoms with E-state index in [9.17, 15) is 0 Å². The van der Waals surface area contributed by atoms with Crippen molar-refractivity contribution in [3.05, 3.63) is 0 Å². The standard InChI is InChI=1S/C15H40O6Si4/c1-16-23(17-2)13-7-10-22(11-8-14-24(18-3)19-4)12-9-15-25(20-5)21-6/h22-25H,7-15H2,1-6H3. The minimum absolute atomic E-state index is 0.743. The lowest BCUT2D eigenvalue weighted by atomic mass is 10.5. The summed E-state index contributed by atoms with van der Waals surface area (Å²) < 4.78 is 32.7. The average Bonchev–Trinajstić information content (AvgIpc) is 2.65. The number of rotatable bonds is 18. The van der Waals surface area contributed by atoms with Gasteiger partial charge in [-0.15, -0.1) is 0 Å². The molecule has 0 aromatic rings. The second-order valence-electron chi connectivity index (χ2n) is 6.36. The third kappa shape index (κ3) is 13.4. The van der Waals surface area contributed by atoms with E-state index in [1.807, 2.05) is 0 Å². The quantitative estimate of drug-likeness (QED) is 0.311. The molecule has 0 N–H and O–H groups in total. The van der Waals surface area contributed by atoms with Crippen LogP contribution in [0.15, 0.2) is 0 Å². The van der Waals surface area contributed by atoms with Crippen molar-refractivity contribution in [1.82, 2.24) is 0 Å². The van der Waals surface area contributed by atoms with Crippen LogP contribution < -0.4 is 0 Å². The third-order valence-electron chi connectivity index (χ3n) is 4.73. The Morgan fingerprint density at radius 2 is 0.640 bits per heavy atom. The summed E-state index contributed by atoms with van der Waals surface area (Å²) in [6.07, 6.45) is 3.75. The maximum Gasteiger partial charge on any atom is 0.320 e. The van der Waals surface area contributed by atoms with Crippen LogP contribution in [0.5, 0.6) is 0 Å². The van der Waals surface area contributed by atoms with Gasteiger partial charge in [-0.3, -0.25) is 0 Å². The van der Waals surface area contributed by atoms with Crippen molar-refractivity contribution in [2.75, 3.05) is 42.7 Å². The van der Waals surface area contributed by atoms with E-state index in [0.717, 1.165) is 18.1 Å². The van der Waals surface area contributed by atoms with Gasteiger partial charge in [0.2, 0.25) is 0 Å². The Labute approximate surface area is 161 Å². The van der Waals surface area contributed by atoms with Gasteiger partial charge >= 0.3 is 27.9 Å². The van der Waals surface area contributed by atoms with E-state index in [1.165, 1.54) is 37.4 Å². The smallest absolute Gasteiger partial charge is 0.320 e. The molecule has 0 radical (unpaired) electrons. The molecule has 0 amide bonds. The first-order chi connectivity index (χ1) is 12.1. The first-order valence-electron chi connectivity index (χ1n) is 9.31. The van der Waals surface area contributed by atoms with Crippen LogP contribution in [0, 0.1) is 0 Å². The molecule has 0 aromatic carbocycles. The largest absolute Gasteiger partial charge is 0.400 e. The molecule has 0 bridgehead atoms. The predicted molar refractivity (Wildman–Crippen MR) is 113 cm³/mol. The van der Waals surface area contributed by atoms with E-state index in [0.29, 0.717) is 0 Å². The van der Waals surface area contributed by atoms with Crippen LogP contribution in [0.4, 0.5) is 0 Å². The molecule has 0 unspecified atom stereocenters. The molecule has 0 saturated carbocycles. The maximum absolute atomic E-state index is 5.44. The highest BCUT2D eigenvalue weighted by molar-refractivity contribution is 6.59. The summed E-state index contributed by atoms with van der Waals surface area (Å²) in [6, 6.07) is 7.52. The van der Waals surface area contributed by atoms with E-state index in [-0.39, 0.29) is 0 Å². The van der Waals surface area contributed by atoms with Crippen LogP contribution in [-0.2, 0) is 26.6 Å². The van der Waals surface area contributed by atoms with Gasteiger partial charge in [0, 0.05) is 51.5 Å². The number of hydrogen-bond donors (Lipinski definition) is 0. The molecule has 0 aliphatic carbocycles. The van der Waals surface area contributed by atoms with Gasteiger partial charge < -0.3 is 26.6 Å². The minimum atomic E-state index is -1.40. The van der Waals surface area contributed by atoms with Crippen molar-refractivity contribution in [3.63, 3.8) is 0 Å². The Kier molecular flexibility index (Phi) is 18.5. The van der Waals surface area contributed by atoms with E-state index in [4.69, 9.17) is 26.6 Å². The van der Waals surface area contributed by atoms with Crippen molar-refractivity contribution < 1.29 is 26.6 Å². The molecule has 0 fully saturated rings. The summed E-state index contributed by atoms with van der Waals surface area (Å²) in [5, 5.41) is 0. The zero-order valence-corrected chi connectivity index (χ0v) is 21.7. The molecular weight excluding hydrogens is 389 g/mol. The zero-order valence-electron chi connectivity index (χ0n) is 17.1. The summed E-state index contributed by atoms with van der Waals surface area (Å²) in [5.41, 5.74) is 0. The van der Waals surface area contributed by atoms with E-state index >= 15 is 0 Å². The van der Waals surface area contributed by atoms with Crippen LogP contribution in [0.3, 0.4) is 0 Å². The molecular formula is C15H40O6Si4. The van der Waals surface area contributed by atoms with Crippen molar-refractivity contribution in [2.24, 2.45) is 0 Å². The van der Waals surface area contributed by atoms with E-state index in [2.05, 4.69) is 0 Å². The summed E-state index contributed by atoms with van der Waals surface area (Å²) in [5.74, 6) is 0. The molecule has 10 heteroatoms. The minimum Gasteiger partial charge on any atom is -0.400 e. The van der Waals surface area contributed by atoms with Gasteiger partial charge in [0.05, 0.1) is 0 Å². The Morgan fingerprint density at radius 1 is 0.400 bits per heavy atom. The highest BCUT2D eigenvalue weighted by Gasteiger charge is 2.17. The van der Waals surface area contributed by atoms with Crippen molar-refractivity contribution >= 4 is 36.6 Å². The van der Waals surface area contributed by atoms with Crippen LogP contribution in [0.25, 0.3) is 0 Å². The summed E-state index contributed by atoms with van der Waals surface area (Å²) >= 11 is 0. The molecule has 0 atom stereocenters. The van der Waals surface area contributed by atoms with Gasteiger partial charge in [-0.1, -0.05) is 37.4 Å². The Bertz CT molecular complexity index is 236. The van der Waals surface area contributed by atoms with Crippen LogP contribution >= 0.6 is 0 Å². The summed E-state index contributed by atoms with van der Waals surface area (Å²) in [4.78, 5) is 0. The molecule has 6 nitrogen and oxygen atoms in total. The van der Waals surface area contributed by atoms with Crippen molar-refractivity contribution in [3.8, 4) is 0 Å². The fourth-order valence-corrected chi connectivity index (χ4v) is 11.6.